The van der Waals surface area contributed by atoms with Gasteiger partial charge in [0, 0.05) is 11.8 Å². The number of nitrogens with zero attached hydrogens (tertiary/aromatic N) is 2. The third-order valence-corrected chi connectivity index (χ3v) is 4.95. The Bertz CT molecular complexity index is 409. The van der Waals surface area contributed by atoms with Gasteiger partial charge in [0.05, 0.1) is 13.0 Å². The van der Waals surface area contributed by atoms with E-state index in [2.05, 4.69) is 24.0 Å². The Balaban J connectivity index is 1.94. The number of esters is 1. The summed E-state index contributed by atoms with van der Waals surface area (Å²) in [5, 5.41) is 10.8. The van der Waals surface area contributed by atoms with Gasteiger partial charge in [0.2, 0.25) is 0 Å². The fourth-order valence-corrected chi connectivity index (χ4v) is 3.40. The molecule has 4 nitrogen and oxygen atoms in total. The van der Waals surface area contributed by atoms with E-state index in [0.717, 1.165) is 35.7 Å². The van der Waals surface area contributed by atoms with E-state index in [4.69, 9.17) is 4.74 Å². The molecule has 1 fully saturated rings. The van der Waals surface area contributed by atoms with Gasteiger partial charge in [-0.3, -0.25) is 4.79 Å². The second-order valence-electron chi connectivity index (χ2n) is 5.20. The largest absolute Gasteiger partial charge is 0.469 e. The van der Waals surface area contributed by atoms with Crippen LogP contribution in [0.4, 0.5) is 0 Å². The lowest BCUT2D eigenvalue weighted by Gasteiger charge is -2.25. The van der Waals surface area contributed by atoms with Gasteiger partial charge in [-0.05, 0) is 25.7 Å². The molecule has 5 heteroatoms. The molecular weight excluding hydrogens is 248 g/mol. The minimum Gasteiger partial charge on any atom is -0.469 e. The number of hydrogen-bond donors (Lipinski definition) is 0. The van der Waals surface area contributed by atoms with Crippen LogP contribution < -0.4 is 0 Å². The fourth-order valence-electron chi connectivity index (χ4n) is 2.39. The normalized spacial score (nSPS) is 24.2. The minimum atomic E-state index is -0.0615. The summed E-state index contributed by atoms with van der Waals surface area (Å²) < 4.78 is 4.80. The molecule has 2 rings (SSSR count). The molecule has 1 aliphatic rings. The third kappa shape index (κ3) is 2.88. The van der Waals surface area contributed by atoms with Crippen LogP contribution in [0.1, 0.15) is 61.4 Å². The van der Waals surface area contributed by atoms with Crippen molar-refractivity contribution in [2.24, 2.45) is 5.92 Å². The Labute approximate surface area is 112 Å². The van der Waals surface area contributed by atoms with E-state index in [9.17, 15) is 4.79 Å². The lowest BCUT2D eigenvalue weighted by Crippen LogP contribution is -2.22. The monoisotopic (exact) mass is 268 g/mol. The Morgan fingerprint density at radius 3 is 2.44 bits per heavy atom. The number of rotatable bonds is 3. The van der Waals surface area contributed by atoms with Gasteiger partial charge in [0.25, 0.3) is 0 Å². The molecule has 0 aromatic carbocycles. The van der Waals surface area contributed by atoms with Crippen molar-refractivity contribution in [2.75, 3.05) is 7.11 Å². The number of carbonyl (C=O) groups is 1. The van der Waals surface area contributed by atoms with Crippen molar-refractivity contribution >= 4 is 17.3 Å². The standard InChI is InChI=1S/C13H20N2O2S/c1-8(2)11-14-15-12(18-11)9-4-6-10(7-5-9)13(16)17-3/h8-10H,4-7H2,1-3H3. The lowest BCUT2D eigenvalue weighted by molar-refractivity contribution is -0.146. The van der Waals surface area contributed by atoms with E-state index in [0.29, 0.717) is 11.8 Å². The Morgan fingerprint density at radius 2 is 1.94 bits per heavy atom. The minimum absolute atomic E-state index is 0.0615. The highest BCUT2D eigenvalue weighted by atomic mass is 32.1. The van der Waals surface area contributed by atoms with Gasteiger partial charge >= 0.3 is 5.97 Å². The summed E-state index contributed by atoms with van der Waals surface area (Å²) >= 11 is 1.72. The Kier molecular flexibility index (Phi) is 4.32. The highest BCUT2D eigenvalue weighted by molar-refractivity contribution is 7.11. The van der Waals surface area contributed by atoms with E-state index in [1.807, 2.05) is 0 Å². The van der Waals surface area contributed by atoms with Gasteiger partial charge in [-0.25, -0.2) is 0 Å². The summed E-state index contributed by atoms with van der Waals surface area (Å²) in [6.45, 7) is 4.27. The molecule has 0 spiro atoms. The van der Waals surface area contributed by atoms with Crippen LogP contribution in [0.5, 0.6) is 0 Å². The molecule has 1 heterocycles. The highest BCUT2D eigenvalue weighted by Crippen LogP contribution is 2.38. The number of carbonyl (C=O) groups excluding carboxylic acids is 1. The average Bonchev–Trinajstić information content (AvgIpc) is 2.88. The zero-order chi connectivity index (χ0) is 13.1. The predicted octanol–water partition coefficient (Wildman–Crippen LogP) is 3.11. The van der Waals surface area contributed by atoms with E-state index >= 15 is 0 Å². The van der Waals surface area contributed by atoms with Crippen LogP contribution in [0.3, 0.4) is 0 Å². The lowest BCUT2D eigenvalue weighted by atomic mass is 9.82. The van der Waals surface area contributed by atoms with Gasteiger partial charge in [0.1, 0.15) is 10.0 Å². The maximum Gasteiger partial charge on any atom is 0.308 e. The van der Waals surface area contributed by atoms with Crippen molar-refractivity contribution in [1.82, 2.24) is 10.2 Å². The third-order valence-electron chi connectivity index (χ3n) is 3.56. The van der Waals surface area contributed by atoms with Gasteiger partial charge < -0.3 is 4.74 Å². The van der Waals surface area contributed by atoms with E-state index in [-0.39, 0.29) is 11.9 Å². The van der Waals surface area contributed by atoms with Crippen molar-refractivity contribution in [2.45, 2.75) is 51.4 Å². The Morgan fingerprint density at radius 1 is 1.28 bits per heavy atom. The van der Waals surface area contributed by atoms with Gasteiger partial charge in [-0.2, -0.15) is 0 Å². The molecule has 0 saturated heterocycles. The number of hydrogen-bond acceptors (Lipinski definition) is 5. The maximum absolute atomic E-state index is 11.5. The SMILES string of the molecule is COC(=O)C1CCC(c2nnc(C(C)C)s2)CC1. The van der Waals surface area contributed by atoms with Crippen LogP contribution in [0, 0.1) is 5.92 Å². The van der Waals surface area contributed by atoms with Crippen molar-refractivity contribution in [3.63, 3.8) is 0 Å². The molecule has 0 radical (unpaired) electrons. The molecule has 0 atom stereocenters. The van der Waals surface area contributed by atoms with E-state index in [1.165, 1.54) is 7.11 Å². The molecule has 18 heavy (non-hydrogen) atoms. The zero-order valence-corrected chi connectivity index (χ0v) is 12.0. The second kappa shape index (κ2) is 5.78. The first kappa shape index (κ1) is 13.5. The van der Waals surface area contributed by atoms with Crippen LogP contribution in [-0.2, 0) is 9.53 Å². The van der Waals surface area contributed by atoms with Crippen LogP contribution in [0.15, 0.2) is 0 Å². The molecule has 0 bridgehead atoms. The molecule has 1 aromatic heterocycles. The molecule has 100 valence electrons. The molecular formula is C13H20N2O2S. The molecule has 0 amide bonds. The smallest absolute Gasteiger partial charge is 0.308 e. The van der Waals surface area contributed by atoms with Crippen LogP contribution in [0.2, 0.25) is 0 Å². The summed E-state index contributed by atoms with van der Waals surface area (Å²) in [5.41, 5.74) is 0. The zero-order valence-electron chi connectivity index (χ0n) is 11.2. The quantitative estimate of drug-likeness (QED) is 0.790. The highest BCUT2D eigenvalue weighted by Gasteiger charge is 2.29. The molecule has 0 N–H and O–H groups in total. The Hall–Kier alpha value is -0.970. The summed E-state index contributed by atoms with van der Waals surface area (Å²) in [5.74, 6) is 0.955. The topological polar surface area (TPSA) is 52.1 Å². The molecule has 1 aliphatic carbocycles. The first-order valence-electron chi connectivity index (χ1n) is 6.53. The predicted molar refractivity (Wildman–Crippen MR) is 70.7 cm³/mol. The summed E-state index contributed by atoms with van der Waals surface area (Å²) in [4.78, 5) is 11.5. The van der Waals surface area contributed by atoms with Gasteiger partial charge in [0.15, 0.2) is 0 Å². The molecule has 1 aromatic rings. The first-order chi connectivity index (χ1) is 8.61. The fraction of sp³-hybridized carbons (Fsp3) is 0.769. The number of methoxy groups -OCH3 is 1. The van der Waals surface area contributed by atoms with Crippen molar-refractivity contribution in [3.8, 4) is 0 Å². The van der Waals surface area contributed by atoms with E-state index in [1.54, 1.807) is 11.3 Å². The second-order valence-corrected chi connectivity index (χ2v) is 6.25. The average molecular weight is 268 g/mol. The van der Waals surface area contributed by atoms with E-state index < -0.39 is 0 Å². The maximum atomic E-state index is 11.5. The van der Waals surface area contributed by atoms with Crippen LogP contribution >= 0.6 is 11.3 Å². The van der Waals surface area contributed by atoms with Crippen LogP contribution in [-0.4, -0.2) is 23.3 Å². The van der Waals surface area contributed by atoms with Crippen LogP contribution in [0.25, 0.3) is 0 Å². The van der Waals surface area contributed by atoms with Crippen molar-refractivity contribution in [3.05, 3.63) is 10.0 Å². The van der Waals surface area contributed by atoms with Crippen molar-refractivity contribution < 1.29 is 9.53 Å². The molecule has 0 aliphatic heterocycles. The summed E-state index contributed by atoms with van der Waals surface area (Å²) in [6.07, 6.45) is 3.86. The van der Waals surface area contributed by atoms with Gasteiger partial charge in [-0.1, -0.05) is 13.8 Å². The summed E-state index contributed by atoms with van der Waals surface area (Å²) in [6, 6.07) is 0. The number of ether oxygens (including phenoxy) is 1. The first-order valence-corrected chi connectivity index (χ1v) is 7.34. The summed E-state index contributed by atoms with van der Waals surface area (Å²) in [7, 11) is 1.47. The van der Waals surface area contributed by atoms with Crippen molar-refractivity contribution in [1.29, 1.82) is 0 Å². The van der Waals surface area contributed by atoms with Gasteiger partial charge in [-0.15, -0.1) is 21.5 Å². The number of aromatic nitrogens is 2. The molecule has 0 unspecified atom stereocenters. The molecule has 1 saturated carbocycles.